The van der Waals surface area contributed by atoms with Gasteiger partial charge in [-0.1, -0.05) is 12.1 Å². The number of rotatable bonds is 5. The van der Waals surface area contributed by atoms with Crippen LogP contribution in [0.4, 0.5) is 22.2 Å². The highest BCUT2D eigenvalue weighted by molar-refractivity contribution is 5.71. The van der Waals surface area contributed by atoms with Crippen molar-refractivity contribution < 1.29 is 14.3 Å². The van der Waals surface area contributed by atoms with Crippen LogP contribution in [0.1, 0.15) is 0 Å². The van der Waals surface area contributed by atoms with Crippen molar-refractivity contribution in [2.24, 2.45) is 5.73 Å². The fourth-order valence-electron chi connectivity index (χ4n) is 2.97. The number of primary amides is 1. The summed E-state index contributed by atoms with van der Waals surface area (Å²) in [7, 11) is 0. The number of carbonyl (C=O) groups is 1. The van der Waals surface area contributed by atoms with E-state index in [1.807, 2.05) is 24.3 Å². The molecule has 0 unspecified atom stereocenters. The zero-order valence-electron chi connectivity index (χ0n) is 15.6. The molecule has 1 aliphatic rings. The first kappa shape index (κ1) is 18.6. The Balaban J connectivity index is 1.72. The quantitative estimate of drug-likeness (QED) is 0.681. The largest absolute Gasteiger partial charge is 0.410 e. The predicted molar refractivity (Wildman–Crippen MR) is 108 cm³/mol. The van der Waals surface area contributed by atoms with Gasteiger partial charge in [0.15, 0.2) is 0 Å². The Bertz CT molecular complexity index is 993. The summed E-state index contributed by atoms with van der Waals surface area (Å²) in [5, 5.41) is 3.26. The van der Waals surface area contributed by atoms with E-state index < -0.39 is 6.09 Å². The van der Waals surface area contributed by atoms with Gasteiger partial charge < -0.3 is 25.4 Å². The summed E-state index contributed by atoms with van der Waals surface area (Å²) in [6, 6.07) is 12.6. The fourth-order valence-corrected chi connectivity index (χ4v) is 2.97. The van der Waals surface area contributed by atoms with Crippen molar-refractivity contribution in [2.45, 2.75) is 0 Å². The summed E-state index contributed by atoms with van der Waals surface area (Å²) in [5.41, 5.74) is 7.40. The molecule has 4 rings (SSSR count). The SMILES string of the molecule is NC(=O)Oc1cccc(-c2cc(Nc3cccnc3)nc(N3CCOCC3)n2)c1. The van der Waals surface area contributed by atoms with Crippen molar-refractivity contribution in [3.8, 4) is 17.0 Å². The fraction of sp³-hybridized carbons (Fsp3) is 0.200. The summed E-state index contributed by atoms with van der Waals surface area (Å²) in [6.07, 6.45) is 2.56. The first-order valence-corrected chi connectivity index (χ1v) is 9.14. The van der Waals surface area contributed by atoms with Crippen molar-refractivity contribution in [3.05, 3.63) is 54.9 Å². The molecule has 0 radical (unpaired) electrons. The molecule has 148 valence electrons. The summed E-state index contributed by atoms with van der Waals surface area (Å²) in [5.74, 6) is 1.58. The van der Waals surface area contributed by atoms with Crippen molar-refractivity contribution in [2.75, 3.05) is 36.5 Å². The molecule has 0 aliphatic carbocycles. The maximum Gasteiger partial charge on any atom is 0.409 e. The highest BCUT2D eigenvalue weighted by Gasteiger charge is 2.17. The lowest BCUT2D eigenvalue weighted by Crippen LogP contribution is -2.37. The number of nitrogens with zero attached hydrogens (tertiary/aromatic N) is 4. The molecular formula is C20H20N6O3. The Labute approximate surface area is 167 Å². The van der Waals surface area contributed by atoms with Gasteiger partial charge >= 0.3 is 6.09 Å². The smallest absolute Gasteiger partial charge is 0.409 e. The molecule has 29 heavy (non-hydrogen) atoms. The van der Waals surface area contributed by atoms with Gasteiger partial charge in [-0.25, -0.2) is 9.78 Å². The van der Waals surface area contributed by atoms with Gasteiger partial charge in [0, 0.05) is 30.9 Å². The predicted octanol–water partition coefficient (Wildman–Crippen LogP) is 2.58. The molecule has 0 saturated carbocycles. The van der Waals surface area contributed by atoms with Crippen LogP contribution in [0.3, 0.4) is 0 Å². The van der Waals surface area contributed by atoms with Crippen LogP contribution in [-0.2, 0) is 4.74 Å². The molecule has 9 heteroatoms. The van der Waals surface area contributed by atoms with Crippen LogP contribution >= 0.6 is 0 Å². The lowest BCUT2D eigenvalue weighted by Gasteiger charge is -2.27. The number of amides is 1. The number of aromatic nitrogens is 3. The molecule has 1 aliphatic heterocycles. The maximum atomic E-state index is 11.1. The van der Waals surface area contributed by atoms with Crippen LogP contribution in [0, 0.1) is 0 Å². The molecular weight excluding hydrogens is 372 g/mol. The second-order valence-electron chi connectivity index (χ2n) is 6.35. The average Bonchev–Trinajstić information content (AvgIpc) is 2.75. The van der Waals surface area contributed by atoms with E-state index in [4.69, 9.17) is 20.2 Å². The van der Waals surface area contributed by atoms with Crippen LogP contribution in [0.15, 0.2) is 54.9 Å². The standard InChI is InChI=1S/C20H20N6O3/c21-19(27)29-16-5-1-3-14(11-16)17-12-18(23-15-4-2-6-22-13-15)25-20(24-17)26-7-9-28-10-8-26/h1-6,11-13H,7-10H2,(H2,21,27)(H,23,24,25). The zero-order valence-corrected chi connectivity index (χ0v) is 15.6. The molecule has 2 aromatic heterocycles. The van der Waals surface area contributed by atoms with Crippen molar-refractivity contribution in [3.63, 3.8) is 0 Å². The van der Waals surface area contributed by atoms with E-state index in [-0.39, 0.29) is 0 Å². The monoisotopic (exact) mass is 392 g/mol. The molecule has 3 aromatic rings. The van der Waals surface area contributed by atoms with Crippen molar-refractivity contribution in [1.82, 2.24) is 15.0 Å². The number of anilines is 3. The van der Waals surface area contributed by atoms with Crippen LogP contribution < -0.4 is 20.7 Å². The van der Waals surface area contributed by atoms with Crippen LogP contribution in [0.2, 0.25) is 0 Å². The lowest BCUT2D eigenvalue weighted by atomic mass is 10.1. The van der Waals surface area contributed by atoms with Gasteiger partial charge in [0.2, 0.25) is 5.95 Å². The minimum atomic E-state index is -0.863. The summed E-state index contributed by atoms with van der Waals surface area (Å²) in [6.45, 7) is 2.67. The third-order valence-electron chi connectivity index (χ3n) is 4.29. The summed E-state index contributed by atoms with van der Waals surface area (Å²) < 4.78 is 10.4. The highest BCUT2D eigenvalue weighted by Crippen LogP contribution is 2.27. The zero-order chi connectivity index (χ0) is 20.1. The van der Waals surface area contributed by atoms with Crippen molar-refractivity contribution in [1.29, 1.82) is 0 Å². The number of carbonyl (C=O) groups excluding carboxylic acids is 1. The van der Waals surface area contributed by atoms with Gasteiger partial charge in [-0.3, -0.25) is 4.98 Å². The number of nitrogens with one attached hydrogen (secondary N) is 1. The number of hydrogen-bond donors (Lipinski definition) is 2. The molecule has 0 atom stereocenters. The number of pyridine rings is 1. The van der Waals surface area contributed by atoms with E-state index >= 15 is 0 Å². The summed E-state index contributed by atoms with van der Waals surface area (Å²) in [4.78, 5) is 26.7. The number of nitrogens with two attached hydrogens (primary N) is 1. The first-order valence-electron chi connectivity index (χ1n) is 9.14. The Morgan fingerprint density at radius 3 is 2.76 bits per heavy atom. The maximum absolute atomic E-state index is 11.1. The second-order valence-corrected chi connectivity index (χ2v) is 6.35. The molecule has 1 saturated heterocycles. The first-order chi connectivity index (χ1) is 14.2. The third-order valence-corrected chi connectivity index (χ3v) is 4.29. The Morgan fingerprint density at radius 1 is 1.14 bits per heavy atom. The molecule has 3 N–H and O–H groups in total. The Morgan fingerprint density at radius 2 is 2.00 bits per heavy atom. The van der Waals surface area contributed by atoms with Crippen molar-refractivity contribution >= 4 is 23.5 Å². The van der Waals surface area contributed by atoms with Gasteiger partial charge in [0.1, 0.15) is 11.6 Å². The van der Waals surface area contributed by atoms with E-state index in [0.717, 1.165) is 11.3 Å². The molecule has 3 heterocycles. The number of ether oxygens (including phenoxy) is 2. The van der Waals surface area contributed by atoms with Crippen LogP contribution in [0.5, 0.6) is 5.75 Å². The van der Waals surface area contributed by atoms with Gasteiger partial charge in [-0.05, 0) is 24.3 Å². The van der Waals surface area contributed by atoms with E-state index in [0.29, 0.717) is 49.5 Å². The second kappa shape index (κ2) is 8.53. The number of morpholine rings is 1. The van der Waals surface area contributed by atoms with Gasteiger partial charge in [-0.15, -0.1) is 0 Å². The van der Waals surface area contributed by atoms with E-state index in [2.05, 4.69) is 20.2 Å². The molecule has 0 spiro atoms. The number of benzene rings is 1. The summed E-state index contributed by atoms with van der Waals surface area (Å²) >= 11 is 0. The van der Waals surface area contributed by atoms with Gasteiger partial charge in [0.05, 0.1) is 30.8 Å². The van der Waals surface area contributed by atoms with E-state index in [1.54, 1.807) is 30.6 Å². The normalized spacial score (nSPS) is 13.7. The van der Waals surface area contributed by atoms with E-state index in [1.165, 1.54) is 0 Å². The lowest BCUT2D eigenvalue weighted by molar-refractivity contribution is 0.122. The topological polar surface area (TPSA) is 115 Å². The minimum Gasteiger partial charge on any atom is -0.410 e. The Kier molecular flexibility index (Phi) is 5.48. The van der Waals surface area contributed by atoms with Crippen LogP contribution in [0.25, 0.3) is 11.3 Å². The Hall–Kier alpha value is -3.72. The molecule has 1 amide bonds. The minimum absolute atomic E-state index is 0.350. The third kappa shape index (κ3) is 4.77. The molecule has 0 bridgehead atoms. The van der Waals surface area contributed by atoms with E-state index in [9.17, 15) is 4.79 Å². The average molecular weight is 392 g/mol. The van der Waals surface area contributed by atoms with Gasteiger partial charge in [-0.2, -0.15) is 4.98 Å². The molecule has 1 fully saturated rings. The van der Waals surface area contributed by atoms with Crippen LogP contribution in [-0.4, -0.2) is 47.3 Å². The number of hydrogen-bond acceptors (Lipinski definition) is 8. The molecule has 9 nitrogen and oxygen atoms in total. The van der Waals surface area contributed by atoms with Gasteiger partial charge in [0.25, 0.3) is 0 Å². The highest BCUT2D eigenvalue weighted by atomic mass is 16.5. The molecule has 1 aromatic carbocycles.